The van der Waals surface area contributed by atoms with Crippen LogP contribution in [0.1, 0.15) is 36.5 Å². The number of hydrogen-bond donors (Lipinski definition) is 2. The van der Waals surface area contributed by atoms with Gasteiger partial charge in [0.2, 0.25) is 0 Å². The number of aryl methyl sites for hydroxylation is 2. The van der Waals surface area contributed by atoms with Crippen molar-refractivity contribution in [3.8, 4) is 0 Å². The van der Waals surface area contributed by atoms with Crippen LogP contribution in [0.3, 0.4) is 0 Å². The van der Waals surface area contributed by atoms with E-state index in [4.69, 9.17) is 11.6 Å². The van der Waals surface area contributed by atoms with Crippen molar-refractivity contribution in [1.82, 2.24) is 25.4 Å². The fourth-order valence-corrected chi connectivity index (χ4v) is 3.92. The summed E-state index contributed by atoms with van der Waals surface area (Å²) < 4.78 is 2.01. The predicted octanol–water partition coefficient (Wildman–Crippen LogP) is 2.45. The van der Waals surface area contributed by atoms with Gasteiger partial charge in [0.15, 0.2) is 5.96 Å². The molecule has 1 fully saturated rings. The molecule has 2 heterocycles. The lowest BCUT2D eigenvalue weighted by Gasteiger charge is -2.26. The Labute approximate surface area is 159 Å². The van der Waals surface area contributed by atoms with Crippen LogP contribution in [-0.4, -0.2) is 40.4 Å². The first-order valence-electron chi connectivity index (χ1n) is 9.21. The normalized spacial score (nSPS) is 21.2. The highest BCUT2D eigenvalue weighted by molar-refractivity contribution is 6.30. The molecule has 2 aromatic rings. The van der Waals surface area contributed by atoms with E-state index >= 15 is 0 Å². The van der Waals surface area contributed by atoms with Gasteiger partial charge in [-0.05, 0) is 43.9 Å². The lowest BCUT2D eigenvalue weighted by Crippen LogP contribution is -2.48. The van der Waals surface area contributed by atoms with Crippen molar-refractivity contribution >= 4 is 17.6 Å². The summed E-state index contributed by atoms with van der Waals surface area (Å²) in [6.07, 6.45) is 4.35. The van der Waals surface area contributed by atoms with E-state index in [0.29, 0.717) is 6.04 Å². The molecule has 6 nitrogen and oxygen atoms in total. The van der Waals surface area contributed by atoms with Gasteiger partial charge in [-0.2, -0.15) is 5.10 Å². The van der Waals surface area contributed by atoms with E-state index in [1.54, 1.807) is 0 Å². The third kappa shape index (κ3) is 3.56. The molecule has 1 aliphatic heterocycles. The van der Waals surface area contributed by atoms with Crippen molar-refractivity contribution in [2.75, 3.05) is 13.6 Å². The van der Waals surface area contributed by atoms with Gasteiger partial charge in [-0.25, -0.2) is 9.67 Å². The number of rotatable bonds is 4. The maximum Gasteiger partial charge on any atom is 0.191 e. The molecule has 0 saturated heterocycles. The van der Waals surface area contributed by atoms with E-state index in [1.807, 2.05) is 30.8 Å². The smallest absolute Gasteiger partial charge is 0.191 e. The second kappa shape index (κ2) is 6.91. The quantitative estimate of drug-likeness (QED) is 0.639. The average molecular weight is 373 g/mol. The fourth-order valence-electron chi connectivity index (χ4n) is 3.73. The molecule has 2 N–H and O–H groups in total. The number of aliphatic imine (C=N–C) groups is 1. The maximum atomic E-state index is 6.17. The Morgan fingerprint density at radius 3 is 3.00 bits per heavy atom. The Hall–Kier alpha value is -2.08. The Morgan fingerprint density at radius 2 is 2.27 bits per heavy atom. The van der Waals surface area contributed by atoms with Crippen LogP contribution in [0.2, 0.25) is 5.02 Å². The molecule has 0 radical (unpaired) electrons. The highest BCUT2D eigenvalue weighted by Crippen LogP contribution is 2.48. The number of halogens is 1. The van der Waals surface area contributed by atoms with Crippen LogP contribution in [0.25, 0.3) is 0 Å². The molecule has 0 spiro atoms. The summed E-state index contributed by atoms with van der Waals surface area (Å²) in [6.45, 7) is 3.64. The number of guanidine groups is 1. The van der Waals surface area contributed by atoms with E-state index in [1.165, 1.54) is 18.4 Å². The number of fused-ring (bicyclic) bond motifs is 1. The van der Waals surface area contributed by atoms with Crippen molar-refractivity contribution < 1.29 is 0 Å². The molecule has 7 heteroatoms. The molecule has 0 bridgehead atoms. The van der Waals surface area contributed by atoms with Gasteiger partial charge < -0.3 is 10.6 Å². The summed E-state index contributed by atoms with van der Waals surface area (Å²) >= 11 is 6.17. The number of benzene rings is 1. The van der Waals surface area contributed by atoms with E-state index in [0.717, 1.165) is 48.6 Å². The monoisotopic (exact) mass is 372 g/mol. The minimum Gasteiger partial charge on any atom is -0.356 e. The first-order chi connectivity index (χ1) is 12.6. The van der Waals surface area contributed by atoms with Crippen molar-refractivity contribution in [2.45, 2.75) is 50.6 Å². The van der Waals surface area contributed by atoms with Crippen LogP contribution >= 0.6 is 11.6 Å². The van der Waals surface area contributed by atoms with Crippen LogP contribution < -0.4 is 10.6 Å². The summed E-state index contributed by atoms with van der Waals surface area (Å²) in [5.74, 6) is 2.78. The number of hydrogen-bond acceptors (Lipinski definition) is 3. The van der Waals surface area contributed by atoms with Crippen LogP contribution in [0.15, 0.2) is 29.3 Å². The fraction of sp³-hybridized carbons (Fsp3) is 0.526. The first kappa shape index (κ1) is 17.3. The number of aromatic nitrogens is 3. The summed E-state index contributed by atoms with van der Waals surface area (Å²) in [5.41, 5.74) is 1.50. The average Bonchev–Trinajstić information content (AvgIpc) is 3.33. The molecule has 1 atom stereocenters. The zero-order valence-corrected chi connectivity index (χ0v) is 16.1. The van der Waals surface area contributed by atoms with Crippen LogP contribution in [0.4, 0.5) is 0 Å². The Morgan fingerprint density at radius 1 is 1.42 bits per heavy atom. The van der Waals surface area contributed by atoms with Gasteiger partial charge in [0, 0.05) is 36.5 Å². The SMILES string of the molecule is CN=C(NCC1(c2cccc(Cl)c2)CC1)NC1CCc2nc(C)nn2C1. The lowest BCUT2D eigenvalue weighted by molar-refractivity contribution is 0.392. The minimum absolute atomic E-state index is 0.186. The summed E-state index contributed by atoms with van der Waals surface area (Å²) in [4.78, 5) is 8.88. The van der Waals surface area contributed by atoms with E-state index in [2.05, 4.69) is 37.8 Å². The van der Waals surface area contributed by atoms with Gasteiger partial charge in [-0.3, -0.25) is 4.99 Å². The summed E-state index contributed by atoms with van der Waals surface area (Å²) in [5, 5.41) is 12.3. The summed E-state index contributed by atoms with van der Waals surface area (Å²) in [7, 11) is 1.82. The van der Waals surface area contributed by atoms with Crippen molar-refractivity contribution in [1.29, 1.82) is 0 Å². The molecule has 138 valence electrons. The lowest BCUT2D eigenvalue weighted by atomic mass is 9.96. The highest BCUT2D eigenvalue weighted by Gasteiger charge is 2.44. The maximum absolute atomic E-state index is 6.17. The van der Waals surface area contributed by atoms with Gasteiger partial charge in [-0.15, -0.1) is 0 Å². The van der Waals surface area contributed by atoms with Gasteiger partial charge in [0.05, 0.1) is 6.54 Å². The van der Waals surface area contributed by atoms with E-state index in [9.17, 15) is 0 Å². The van der Waals surface area contributed by atoms with Crippen molar-refractivity contribution in [2.24, 2.45) is 4.99 Å². The second-order valence-electron chi connectivity index (χ2n) is 7.35. The third-order valence-corrected chi connectivity index (χ3v) is 5.65. The molecule has 1 unspecified atom stereocenters. The molecule has 2 aliphatic rings. The molecular weight excluding hydrogens is 348 g/mol. The predicted molar refractivity (Wildman–Crippen MR) is 104 cm³/mol. The zero-order chi connectivity index (χ0) is 18.1. The second-order valence-corrected chi connectivity index (χ2v) is 7.79. The molecule has 1 aromatic heterocycles. The van der Waals surface area contributed by atoms with Gasteiger partial charge >= 0.3 is 0 Å². The van der Waals surface area contributed by atoms with Crippen LogP contribution in [0.5, 0.6) is 0 Å². The molecule has 1 aromatic carbocycles. The molecule has 26 heavy (non-hydrogen) atoms. The largest absolute Gasteiger partial charge is 0.356 e. The third-order valence-electron chi connectivity index (χ3n) is 5.41. The molecule has 4 rings (SSSR count). The Bertz CT molecular complexity index is 823. The number of nitrogens with zero attached hydrogens (tertiary/aromatic N) is 4. The Kier molecular flexibility index (Phi) is 4.61. The van der Waals surface area contributed by atoms with Crippen molar-refractivity contribution in [3.63, 3.8) is 0 Å². The first-order valence-corrected chi connectivity index (χ1v) is 9.59. The number of nitrogens with one attached hydrogen (secondary N) is 2. The standard InChI is InChI=1S/C19H25ClN6/c1-13-23-17-7-6-16(11-26(17)25-13)24-18(21-2)22-12-19(8-9-19)14-4-3-5-15(20)10-14/h3-5,10,16H,6-9,11-12H2,1-2H3,(H2,21,22,24). The van der Waals surface area contributed by atoms with Gasteiger partial charge in [0.25, 0.3) is 0 Å². The molecule has 0 amide bonds. The molecule has 1 saturated carbocycles. The van der Waals surface area contributed by atoms with Crippen molar-refractivity contribution in [3.05, 3.63) is 46.5 Å². The topological polar surface area (TPSA) is 67.1 Å². The van der Waals surface area contributed by atoms with Gasteiger partial charge in [-0.1, -0.05) is 23.7 Å². The van der Waals surface area contributed by atoms with Crippen LogP contribution in [0, 0.1) is 6.92 Å². The summed E-state index contributed by atoms with van der Waals surface area (Å²) in [6, 6.07) is 8.54. The van der Waals surface area contributed by atoms with E-state index in [-0.39, 0.29) is 5.41 Å². The van der Waals surface area contributed by atoms with Crippen LogP contribution in [-0.2, 0) is 18.4 Å². The Balaban J connectivity index is 1.36. The van der Waals surface area contributed by atoms with E-state index < -0.39 is 0 Å². The highest BCUT2D eigenvalue weighted by atomic mass is 35.5. The molecule has 1 aliphatic carbocycles. The minimum atomic E-state index is 0.186. The zero-order valence-electron chi connectivity index (χ0n) is 15.3. The molecular formula is C19H25ClN6. The van der Waals surface area contributed by atoms with Gasteiger partial charge in [0.1, 0.15) is 11.6 Å².